The molecule has 0 radical (unpaired) electrons. The first kappa shape index (κ1) is 19.2. The van der Waals surface area contributed by atoms with Crippen LogP contribution in [0.25, 0.3) is 10.8 Å². The second-order valence-electron chi connectivity index (χ2n) is 7.68. The van der Waals surface area contributed by atoms with E-state index in [0.29, 0.717) is 13.2 Å². The average molecular weight is 412 g/mol. The van der Waals surface area contributed by atoms with E-state index in [1.165, 1.54) is 0 Å². The maximum absolute atomic E-state index is 13.5. The summed E-state index contributed by atoms with van der Waals surface area (Å²) in [6, 6.07) is 26.0. The third kappa shape index (κ3) is 3.63. The lowest BCUT2D eigenvalue weighted by molar-refractivity contribution is 0.182. The molecule has 0 fully saturated rings. The number of urea groups is 1. The Labute approximate surface area is 181 Å². The summed E-state index contributed by atoms with van der Waals surface area (Å²) in [5.74, 6) is 0.837. The van der Waals surface area contributed by atoms with Crippen molar-refractivity contribution in [1.29, 1.82) is 0 Å². The zero-order valence-electron chi connectivity index (χ0n) is 17.5. The fourth-order valence-electron chi connectivity index (χ4n) is 4.39. The number of benzene rings is 3. The van der Waals surface area contributed by atoms with E-state index in [1.54, 1.807) is 0 Å². The highest BCUT2D eigenvalue weighted by Gasteiger charge is 2.32. The van der Waals surface area contributed by atoms with Crippen LogP contribution in [0, 0.1) is 0 Å². The minimum Gasteiger partial charge on any atom is -0.494 e. The van der Waals surface area contributed by atoms with Gasteiger partial charge in [-0.1, -0.05) is 48.5 Å². The molecule has 0 spiro atoms. The van der Waals surface area contributed by atoms with Crippen LogP contribution in [-0.4, -0.2) is 28.6 Å². The molecule has 4 aromatic rings. The van der Waals surface area contributed by atoms with E-state index in [-0.39, 0.29) is 12.1 Å². The SMILES string of the molecule is CCOc1ccc(C2c3cccn3CCN2C(=O)Nc2cccc3ccccc23)cc1. The maximum atomic E-state index is 13.5. The summed E-state index contributed by atoms with van der Waals surface area (Å²) in [5, 5.41) is 5.31. The molecule has 5 nitrogen and oxygen atoms in total. The molecule has 5 heteroatoms. The first-order chi connectivity index (χ1) is 15.2. The highest BCUT2D eigenvalue weighted by molar-refractivity contribution is 6.01. The molecule has 1 aliphatic rings. The van der Waals surface area contributed by atoms with Crippen molar-refractivity contribution in [3.63, 3.8) is 0 Å². The molecule has 156 valence electrons. The van der Waals surface area contributed by atoms with Gasteiger partial charge in [-0.2, -0.15) is 0 Å². The number of carbonyl (C=O) groups is 1. The molecule has 1 unspecified atom stereocenters. The van der Waals surface area contributed by atoms with Crippen LogP contribution in [0.3, 0.4) is 0 Å². The van der Waals surface area contributed by atoms with E-state index in [0.717, 1.165) is 40.0 Å². The van der Waals surface area contributed by atoms with Crippen LogP contribution in [0.15, 0.2) is 85.1 Å². The Morgan fingerprint density at radius 2 is 1.77 bits per heavy atom. The number of rotatable bonds is 4. The Kier molecular flexibility index (Phi) is 5.08. The van der Waals surface area contributed by atoms with Crippen molar-refractivity contribution in [3.8, 4) is 5.75 Å². The van der Waals surface area contributed by atoms with E-state index >= 15 is 0 Å². The fourth-order valence-corrected chi connectivity index (χ4v) is 4.39. The van der Waals surface area contributed by atoms with Crippen LogP contribution in [-0.2, 0) is 6.54 Å². The number of aromatic nitrogens is 1. The molecule has 0 saturated heterocycles. The van der Waals surface area contributed by atoms with Crippen LogP contribution in [0.5, 0.6) is 5.75 Å². The molecule has 31 heavy (non-hydrogen) atoms. The molecule has 1 atom stereocenters. The lowest BCUT2D eigenvalue weighted by Gasteiger charge is -2.37. The van der Waals surface area contributed by atoms with Gasteiger partial charge in [0.1, 0.15) is 5.75 Å². The number of nitrogens with one attached hydrogen (secondary N) is 1. The van der Waals surface area contributed by atoms with Crippen molar-refractivity contribution in [1.82, 2.24) is 9.47 Å². The molecule has 0 saturated carbocycles. The smallest absolute Gasteiger partial charge is 0.322 e. The summed E-state index contributed by atoms with van der Waals surface area (Å²) in [6.07, 6.45) is 2.08. The Morgan fingerprint density at radius 1 is 0.968 bits per heavy atom. The number of nitrogens with zero attached hydrogens (tertiary/aromatic N) is 2. The Balaban J connectivity index is 1.48. The Morgan fingerprint density at radius 3 is 2.61 bits per heavy atom. The normalized spacial score (nSPS) is 15.5. The van der Waals surface area contributed by atoms with Crippen molar-refractivity contribution in [2.75, 3.05) is 18.5 Å². The van der Waals surface area contributed by atoms with Gasteiger partial charge in [-0.05, 0) is 48.2 Å². The maximum Gasteiger partial charge on any atom is 0.322 e. The van der Waals surface area contributed by atoms with Gasteiger partial charge in [-0.15, -0.1) is 0 Å². The monoisotopic (exact) mass is 411 g/mol. The first-order valence-electron chi connectivity index (χ1n) is 10.7. The van der Waals surface area contributed by atoms with Crippen molar-refractivity contribution < 1.29 is 9.53 Å². The second-order valence-corrected chi connectivity index (χ2v) is 7.68. The van der Waals surface area contributed by atoms with Gasteiger partial charge in [-0.3, -0.25) is 0 Å². The summed E-state index contributed by atoms with van der Waals surface area (Å²) >= 11 is 0. The number of anilines is 1. The number of ether oxygens (including phenoxy) is 1. The van der Waals surface area contributed by atoms with Gasteiger partial charge in [0.15, 0.2) is 0 Å². The topological polar surface area (TPSA) is 46.5 Å². The van der Waals surface area contributed by atoms with Crippen LogP contribution in [0.4, 0.5) is 10.5 Å². The summed E-state index contributed by atoms with van der Waals surface area (Å²) in [7, 11) is 0. The molecule has 1 aliphatic heterocycles. The lowest BCUT2D eigenvalue weighted by Crippen LogP contribution is -2.44. The minimum absolute atomic E-state index is 0.0947. The van der Waals surface area contributed by atoms with E-state index in [9.17, 15) is 4.79 Å². The first-order valence-corrected chi connectivity index (χ1v) is 10.7. The number of carbonyl (C=O) groups excluding carboxylic acids is 1. The number of fused-ring (bicyclic) bond motifs is 2. The zero-order valence-corrected chi connectivity index (χ0v) is 17.5. The fraction of sp³-hybridized carbons (Fsp3) is 0.192. The van der Waals surface area contributed by atoms with Gasteiger partial charge < -0.3 is 19.5 Å². The van der Waals surface area contributed by atoms with Gasteiger partial charge in [-0.25, -0.2) is 4.79 Å². The molecule has 1 aromatic heterocycles. The third-order valence-electron chi connectivity index (χ3n) is 5.84. The van der Waals surface area contributed by atoms with Gasteiger partial charge in [0.05, 0.1) is 18.3 Å². The van der Waals surface area contributed by atoms with Crippen LogP contribution >= 0.6 is 0 Å². The molecule has 2 heterocycles. The summed E-state index contributed by atoms with van der Waals surface area (Å²) < 4.78 is 7.82. The van der Waals surface area contributed by atoms with Crippen LogP contribution < -0.4 is 10.1 Å². The van der Waals surface area contributed by atoms with E-state index in [2.05, 4.69) is 46.4 Å². The summed E-state index contributed by atoms with van der Waals surface area (Å²) in [6.45, 7) is 4.02. The average Bonchev–Trinajstić information content (AvgIpc) is 3.28. The van der Waals surface area contributed by atoms with Crippen LogP contribution in [0.1, 0.15) is 24.2 Å². The predicted octanol–water partition coefficient (Wildman–Crippen LogP) is 5.68. The molecule has 3 aromatic carbocycles. The van der Waals surface area contributed by atoms with Gasteiger partial charge >= 0.3 is 6.03 Å². The Bertz CT molecular complexity index is 1210. The van der Waals surface area contributed by atoms with E-state index < -0.39 is 0 Å². The standard InChI is InChI=1S/C26H25N3O2/c1-2-31-21-14-12-20(13-15-21)25-24-11-6-16-28(24)17-18-29(25)26(30)27-23-10-5-8-19-7-3-4-9-22(19)23/h3-16,25H,2,17-18H2,1H3,(H,27,30). The highest BCUT2D eigenvalue weighted by atomic mass is 16.5. The van der Waals surface area contributed by atoms with Crippen molar-refractivity contribution in [2.24, 2.45) is 0 Å². The molecule has 2 amide bonds. The number of hydrogen-bond acceptors (Lipinski definition) is 2. The summed E-state index contributed by atoms with van der Waals surface area (Å²) in [5.41, 5.74) is 3.01. The van der Waals surface area contributed by atoms with Gasteiger partial charge in [0.2, 0.25) is 0 Å². The molecular weight excluding hydrogens is 386 g/mol. The molecule has 1 N–H and O–H groups in total. The van der Waals surface area contributed by atoms with Crippen molar-refractivity contribution in [2.45, 2.75) is 19.5 Å². The van der Waals surface area contributed by atoms with Crippen molar-refractivity contribution >= 4 is 22.5 Å². The van der Waals surface area contributed by atoms with Crippen LogP contribution in [0.2, 0.25) is 0 Å². The highest BCUT2D eigenvalue weighted by Crippen LogP contribution is 2.34. The molecule has 0 bridgehead atoms. The largest absolute Gasteiger partial charge is 0.494 e. The predicted molar refractivity (Wildman–Crippen MR) is 124 cm³/mol. The lowest BCUT2D eigenvalue weighted by atomic mass is 10.00. The minimum atomic E-state index is -0.158. The van der Waals surface area contributed by atoms with Gasteiger partial charge in [0, 0.05) is 30.4 Å². The Hall–Kier alpha value is -3.73. The quantitative estimate of drug-likeness (QED) is 0.470. The summed E-state index contributed by atoms with van der Waals surface area (Å²) in [4.78, 5) is 15.4. The number of amides is 2. The molecule has 0 aliphatic carbocycles. The van der Waals surface area contributed by atoms with Gasteiger partial charge in [0.25, 0.3) is 0 Å². The van der Waals surface area contributed by atoms with E-state index in [4.69, 9.17) is 4.74 Å². The second kappa shape index (κ2) is 8.19. The van der Waals surface area contributed by atoms with E-state index in [1.807, 2.05) is 60.4 Å². The number of hydrogen-bond donors (Lipinski definition) is 1. The van der Waals surface area contributed by atoms with Crippen molar-refractivity contribution in [3.05, 3.63) is 96.3 Å². The third-order valence-corrected chi connectivity index (χ3v) is 5.84. The molecular formula is C26H25N3O2. The zero-order chi connectivity index (χ0) is 21.2. The molecule has 5 rings (SSSR count).